The van der Waals surface area contributed by atoms with E-state index in [1.165, 1.54) is 24.4 Å². The van der Waals surface area contributed by atoms with Gasteiger partial charge in [0.15, 0.2) is 0 Å². The van der Waals surface area contributed by atoms with E-state index in [1.54, 1.807) is 25.1 Å². The first-order chi connectivity index (χ1) is 15.9. The van der Waals surface area contributed by atoms with Crippen LogP contribution < -0.4 is 15.6 Å². The van der Waals surface area contributed by atoms with E-state index < -0.39 is 11.9 Å². The van der Waals surface area contributed by atoms with Gasteiger partial charge in [-0.2, -0.15) is 0 Å². The number of nitrogens with one attached hydrogen (secondary N) is 1. The molecule has 3 aromatic rings. The molecule has 10 heteroatoms. The van der Waals surface area contributed by atoms with Crippen LogP contribution in [0.3, 0.4) is 0 Å². The van der Waals surface area contributed by atoms with Gasteiger partial charge >= 0.3 is 5.97 Å². The Morgan fingerprint density at radius 2 is 2.03 bits per heavy atom. The third-order valence-electron chi connectivity index (χ3n) is 5.68. The predicted octanol–water partition coefficient (Wildman–Crippen LogP) is 4.56. The van der Waals surface area contributed by atoms with Gasteiger partial charge in [-0.25, -0.2) is 9.78 Å². The molecule has 0 atom stereocenters. The van der Waals surface area contributed by atoms with Crippen molar-refractivity contribution in [2.75, 3.05) is 12.4 Å². The average Bonchev–Trinajstić information content (AvgIpc) is 3.14. The number of carbonyl (C=O) groups is 2. The summed E-state index contributed by atoms with van der Waals surface area (Å²) in [6.07, 6.45) is 6.26. The zero-order chi connectivity index (χ0) is 23.5. The second-order valence-electron chi connectivity index (χ2n) is 7.98. The number of carbonyl (C=O) groups excluding carboxylic acids is 2. The summed E-state index contributed by atoms with van der Waals surface area (Å²) in [6.45, 7) is 1.48. The minimum absolute atomic E-state index is 0.0735. The number of ether oxygens (including phenoxy) is 2. The van der Waals surface area contributed by atoms with Crippen LogP contribution in [0.15, 0.2) is 29.3 Å². The van der Waals surface area contributed by atoms with Gasteiger partial charge in [-0.3, -0.25) is 14.2 Å². The number of anilines is 1. The summed E-state index contributed by atoms with van der Waals surface area (Å²) >= 11 is 7.24. The van der Waals surface area contributed by atoms with Gasteiger partial charge in [0.05, 0.1) is 23.8 Å². The average molecular weight is 490 g/mol. The minimum Gasteiger partial charge on any atom is -0.495 e. The maximum atomic E-state index is 13.1. The van der Waals surface area contributed by atoms with Crippen LogP contribution in [0.2, 0.25) is 5.02 Å². The summed E-state index contributed by atoms with van der Waals surface area (Å²) < 4.78 is 12.0. The van der Waals surface area contributed by atoms with Crippen molar-refractivity contribution in [3.63, 3.8) is 0 Å². The summed E-state index contributed by atoms with van der Waals surface area (Å²) in [7, 11) is 1.50. The van der Waals surface area contributed by atoms with Crippen molar-refractivity contribution >= 4 is 50.7 Å². The lowest BCUT2D eigenvalue weighted by atomic mass is 9.98. The van der Waals surface area contributed by atoms with Crippen molar-refractivity contribution in [1.82, 2.24) is 9.55 Å². The Hall–Kier alpha value is -2.91. The summed E-state index contributed by atoms with van der Waals surface area (Å²) in [6, 6.07) is 4.86. The number of methoxy groups -OCH3 is 1. The van der Waals surface area contributed by atoms with E-state index in [1.807, 2.05) is 0 Å². The molecule has 0 aliphatic heterocycles. The molecule has 1 amide bonds. The van der Waals surface area contributed by atoms with Gasteiger partial charge in [-0.1, -0.05) is 18.0 Å². The lowest BCUT2D eigenvalue weighted by molar-refractivity contribution is -0.116. The van der Waals surface area contributed by atoms with E-state index in [9.17, 15) is 14.4 Å². The quantitative estimate of drug-likeness (QED) is 0.510. The van der Waals surface area contributed by atoms with Crippen LogP contribution in [-0.4, -0.2) is 34.6 Å². The van der Waals surface area contributed by atoms with Gasteiger partial charge in [0.1, 0.15) is 28.1 Å². The zero-order valence-electron chi connectivity index (χ0n) is 18.4. The van der Waals surface area contributed by atoms with Crippen molar-refractivity contribution in [3.05, 3.63) is 50.3 Å². The predicted molar refractivity (Wildman–Crippen MR) is 128 cm³/mol. The number of hydrogen-bond acceptors (Lipinski definition) is 7. The molecular formula is C23H24ClN3O5S. The molecule has 2 aromatic heterocycles. The van der Waals surface area contributed by atoms with Gasteiger partial charge in [0.25, 0.3) is 5.56 Å². The molecule has 1 aliphatic carbocycles. The normalized spacial score (nSPS) is 14.3. The number of aromatic nitrogens is 2. The first-order valence-corrected chi connectivity index (χ1v) is 11.9. The number of fused-ring (bicyclic) bond motifs is 1. The van der Waals surface area contributed by atoms with Crippen LogP contribution >= 0.6 is 22.9 Å². The Balaban J connectivity index is 1.52. The molecule has 33 heavy (non-hydrogen) atoms. The molecule has 4 rings (SSSR count). The lowest BCUT2D eigenvalue weighted by Gasteiger charge is -2.21. The molecular weight excluding hydrogens is 466 g/mol. The van der Waals surface area contributed by atoms with Crippen LogP contribution in [0.4, 0.5) is 5.69 Å². The van der Waals surface area contributed by atoms with E-state index in [0.29, 0.717) is 37.1 Å². The molecule has 0 spiro atoms. The molecule has 174 valence electrons. The minimum atomic E-state index is -0.414. The number of hydrogen-bond donors (Lipinski definition) is 1. The van der Waals surface area contributed by atoms with Crippen molar-refractivity contribution in [2.24, 2.45) is 0 Å². The summed E-state index contributed by atoms with van der Waals surface area (Å²) in [5.41, 5.74) is 0.630. The Kier molecular flexibility index (Phi) is 6.99. The molecule has 1 fully saturated rings. The SMILES string of the molecule is COc1ccc(NC(=O)Cn2cnc3sc(C(=O)OC4CCCCC4)c(C)c3c2=O)cc1Cl. The fourth-order valence-electron chi connectivity index (χ4n) is 3.95. The highest BCUT2D eigenvalue weighted by Gasteiger charge is 2.24. The lowest BCUT2D eigenvalue weighted by Crippen LogP contribution is -2.28. The molecule has 0 bridgehead atoms. The maximum Gasteiger partial charge on any atom is 0.348 e. The molecule has 0 unspecified atom stereocenters. The summed E-state index contributed by atoms with van der Waals surface area (Å²) in [5.74, 6) is -0.335. The molecule has 1 aliphatic rings. The number of rotatable bonds is 6. The second-order valence-corrected chi connectivity index (χ2v) is 9.38. The van der Waals surface area contributed by atoms with E-state index in [4.69, 9.17) is 21.1 Å². The fourth-order valence-corrected chi connectivity index (χ4v) is 5.23. The van der Waals surface area contributed by atoms with Crippen LogP contribution in [0.25, 0.3) is 10.2 Å². The van der Waals surface area contributed by atoms with Gasteiger partial charge in [-0.15, -0.1) is 11.3 Å². The molecule has 1 saturated carbocycles. The molecule has 1 N–H and O–H groups in total. The number of nitrogens with zero attached hydrogens (tertiary/aromatic N) is 2. The van der Waals surface area contributed by atoms with Gasteiger partial charge in [0.2, 0.25) is 5.91 Å². The largest absolute Gasteiger partial charge is 0.495 e. The van der Waals surface area contributed by atoms with Crippen molar-refractivity contribution in [3.8, 4) is 5.75 Å². The second kappa shape index (κ2) is 9.93. The van der Waals surface area contributed by atoms with Crippen LogP contribution in [0, 0.1) is 6.92 Å². The standard InChI is InChI=1S/C23H24ClN3O5S/c1-13-19-21(33-20(13)23(30)32-15-6-4-3-5-7-15)25-12-27(22(19)29)11-18(28)26-14-8-9-17(31-2)16(24)10-14/h8-10,12,15H,3-7,11H2,1-2H3,(H,26,28). The van der Waals surface area contributed by atoms with Crippen molar-refractivity contribution in [1.29, 1.82) is 0 Å². The van der Waals surface area contributed by atoms with Gasteiger partial charge in [0, 0.05) is 5.69 Å². The first kappa shape index (κ1) is 23.3. The third-order valence-corrected chi connectivity index (χ3v) is 7.15. The van der Waals surface area contributed by atoms with Crippen molar-refractivity contribution in [2.45, 2.75) is 51.7 Å². The topological polar surface area (TPSA) is 99.5 Å². The molecule has 1 aromatic carbocycles. The number of benzene rings is 1. The number of esters is 1. The number of aryl methyl sites for hydroxylation is 1. The van der Waals surface area contributed by atoms with Gasteiger partial charge in [-0.05, 0) is 56.4 Å². The van der Waals surface area contributed by atoms with Crippen LogP contribution in [0.5, 0.6) is 5.75 Å². The summed E-state index contributed by atoms with van der Waals surface area (Å²) in [4.78, 5) is 43.4. The highest BCUT2D eigenvalue weighted by Crippen LogP contribution is 2.30. The number of amides is 1. The highest BCUT2D eigenvalue weighted by atomic mass is 35.5. The van der Waals surface area contributed by atoms with Gasteiger partial charge < -0.3 is 14.8 Å². The molecule has 2 heterocycles. The smallest absolute Gasteiger partial charge is 0.348 e. The Morgan fingerprint density at radius 1 is 1.27 bits per heavy atom. The summed E-state index contributed by atoms with van der Waals surface area (Å²) in [5, 5.41) is 3.39. The number of halogens is 1. The van der Waals surface area contributed by atoms with Crippen molar-refractivity contribution < 1.29 is 19.1 Å². The third kappa shape index (κ3) is 5.04. The first-order valence-electron chi connectivity index (χ1n) is 10.7. The van der Waals surface area contributed by atoms with Crippen LogP contribution in [0.1, 0.15) is 47.3 Å². The Bertz CT molecular complexity index is 1260. The van der Waals surface area contributed by atoms with E-state index in [-0.39, 0.29) is 18.2 Å². The Labute approximate surface area is 199 Å². The maximum absolute atomic E-state index is 13.1. The van der Waals surface area contributed by atoms with E-state index >= 15 is 0 Å². The monoisotopic (exact) mass is 489 g/mol. The fraction of sp³-hybridized carbons (Fsp3) is 0.391. The molecule has 0 radical (unpaired) electrons. The molecule has 8 nitrogen and oxygen atoms in total. The Morgan fingerprint density at radius 3 is 2.73 bits per heavy atom. The van der Waals surface area contributed by atoms with Crippen LogP contribution in [-0.2, 0) is 16.1 Å². The highest BCUT2D eigenvalue weighted by molar-refractivity contribution is 7.20. The molecule has 0 saturated heterocycles. The zero-order valence-corrected chi connectivity index (χ0v) is 19.9. The van der Waals surface area contributed by atoms with E-state index in [0.717, 1.165) is 37.0 Å². The van der Waals surface area contributed by atoms with E-state index in [2.05, 4.69) is 10.3 Å². The number of thiophene rings is 1.